The van der Waals surface area contributed by atoms with Crippen LogP contribution in [0.2, 0.25) is 0 Å². The standard InChI is InChI=1S/C11H17N3O2S/c1-8(17-10-12-4-5-13-10)9-2-6-14(7-3-9)11(15)16/h4-5,8-9H,2-3,6-7H2,1H3,(H,12,13)(H,15,16). The molecule has 1 aliphatic heterocycles. The number of amides is 1. The van der Waals surface area contributed by atoms with Gasteiger partial charge in [0.15, 0.2) is 5.16 Å². The quantitative estimate of drug-likeness (QED) is 0.813. The first-order valence-electron chi connectivity index (χ1n) is 5.80. The molecular formula is C11H17N3O2S. The summed E-state index contributed by atoms with van der Waals surface area (Å²) in [5.74, 6) is 0.570. The maximum Gasteiger partial charge on any atom is 0.407 e. The van der Waals surface area contributed by atoms with E-state index in [2.05, 4.69) is 16.9 Å². The highest BCUT2D eigenvalue weighted by Gasteiger charge is 2.26. The summed E-state index contributed by atoms with van der Waals surface area (Å²) in [5.41, 5.74) is 0. The van der Waals surface area contributed by atoms with Crippen LogP contribution in [0.3, 0.4) is 0 Å². The molecule has 1 amide bonds. The lowest BCUT2D eigenvalue weighted by Crippen LogP contribution is -2.39. The molecule has 1 aromatic heterocycles. The molecule has 0 aliphatic carbocycles. The van der Waals surface area contributed by atoms with Crippen molar-refractivity contribution in [3.05, 3.63) is 12.4 Å². The van der Waals surface area contributed by atoms with E-state index in [-0.39, 0.29) is 0 Å². The van der Waals surface area contributed by atoms with Crippen LogP contribution in [0.25, 0.3) is 0 Å². The number of thioether (sulfide) groups is 1. The largest absolute Gasteiger partial charge is 0.465 e. The fourth-order valence-corrected chi connectivity index (χ4v) is 3.22. The van der Waals surface area contributed by atoms with Gasteiger partial charge in [-0.3, -0.25) is 0 Å². The highest BCUT2D eigenvalue weighted by molar-refractivity contribution is 7.99. The Labute approximate surface area is 105 Å². The molecule has 0 radical (unpaired) electrons. The number of rotatable bonds is 3. The first kappa shape index (κ1) is 12.3. The number of aromatic amines is 1. The van der Waals surface area contributed by atoms with Gasteiger partial charge in [-0.1, -0.05) is 18.7 Å². The Morgan fingerprint density at radius 2 is 2.35 bits per heavy atom. The van der Waals surface area contributed by atoms with Crippen LogP contribution in [0.4, 0.5) is 4.79 Å². The number of hydrogen-bond acceptors (Lipinski definition) is 3. The second-order valence-electron chi connectivity index (χ2n) is 4.32. The zero-order valence-electron chi connectivity index (χ0n) is 9.80. The van der Waals surface area contributed by atoms with Crippen molar-refractivity contribution >= 4 is 17.9 Å². The summed E-state index contributed by atoms with van der Waals surface area (Å²) in [5, 5.41) is 10.3. The fraction of sp³-hybridized carbons (Fsp3) is 0.636. The average Bonchev–Trinajstić information content (AvgIpc) is 2.82. The minimum absolute atomic E-state index is 0.470. The lowest BCUT2D eigenvalue weighted by molar-refractivity contribution is 0.124. The third-order valence-corrected chi connectivity index (χ3v) is 4.45. The normalized spacial score (nSPS) is 19.2. The van der Waals surface area contributed by atoms with Crippen LogP contribution in [0.1, 0.15) is 19.8 Å². The van der Waals surface area contributed by atoms with Gasteiger partial charge < -0.3 is 15.0 Å². The van der Waals surface area contributed by atoms with Gasteiger partial charge in [0.1, 0.15) is 0 Å². The minimum Gasteiger partial charge on any atom is -0.465 e. The number of nitrogens with zero attached hydrogens (tertiary/aromatic N) is 2. The van der Waals surface area contributed by atoms with E-state index < -0.39 is 6.09 Å². The Kier molecular flexibility index (Phi) is 3.93. The van der Waals surface area contributed by atoms with Gasteiger partial charge in [-0.05, 0) is 18.8 Å². The Bertz CT molecular complexity index is 361. The number of likely N-dealkylation sites (tertiary alicyclic amines) is 1. The van der Waals surface area contributed by atoms with Crippen molar-refractivity contribution in [1.29, 1.82) is 0 Å². The van der Waals surface area contributed by atoms with Gasteiger partial charge >= 0.3 is 6.09 Å². The van der Waals surface area contributed by atoms with Crippen LogP contribution in [0, 0.1) is 5.92 Å². The van der Waals surface area contributed by atoms with Crippen LogP contribution in [0.15, 0.2) is 17.6 Å². The maximum absolute atomic E-state index is 10.8. The lowest BCUT2D eigenvalue weighted by Gasteiger charge is -2.32. The van der Waals surface area contributed by atoms with Gasteiger partial charge in [-0.25, -0.2) is 9.78 Å². The van der Waals surface area contributed by atoms with E-state index in [1.165, 1.54) is 4.90 Å². The molecule has 0 spiro atoms. The summed E-state index contributed by atoms with van der Waals surface area (Å²) in [4.78, 5) is 19.6. The summed E-state index contributed by atoms with van der Waals surface area (Å²) in [6.45, 7) is 3.50. The summed E-state index contributed by atoms with van der Waals surface area (Å²) in [6.07, 6.45) is 4.67. The maximum atomic E-state index is 10.8. The Morgan fingerprint density at radius 1 is 1.65 bits per heavy atom. The molecule has 1 unspecified atom stereocenters. The zero-order valence-corrected chi connectivity index (χ0v) is 10.6. The SMILES string of the molecule is CC(Sc1ncc[nH]1)C1CCN(C(=O)O)CC1. The van der Waals surface area contributed by atoms with Crippen LogP contribution in [0.5, 0.6) is 0 Å². The fourth-order valence-electron chi connectivity index (χ4n) is 2.15. The van der Waals surface area contributed by atoms with E-state index in [1.54, 1.807) is 18.0 Å². The molecule has 1 aromatic rings. The number of imidazole rings is 1. The molecule has 17 heavy (non-hydrogen) atoms. The molecule has 5 nitrogen and oxygen atoms in total. The van der Waals surface area contributed by atoms with Crippen molar-refractivity contribution in [2.45, 2.75) is 30.2 Å². The van der Waals surface area contributed by atoms with Gasteiger partial charge in [-0.2, -0.15) is 0 Å². The van der Waals surface area contributed by atoms with E-state index in [9.17, 15) is 4.79 Å². The van der Waals surface area contributed by atoms with Crippen LogP contribution >= 0.6 is 11.8 Å². The molecular weight excluding hydrogens is 238 g/mol. The predicted octanol–water partition coefficient (Wildman–Crippen LogP) is 2.28. The molecule has 1 fully saturated rings. The molecule has 0 aromatic carbocycles. The van der Waals surface area contributed by atoms with Gasteiger partial charge in [0.05, 0.1) is 0 Å². The molecule has 2 N–H and O–H groups in total. The molecule has 1 saturated heterocycles. The van der Waals surface area contributed by atoms with Gasteiger partial charge in [-0.15, -0.1) is 0 Å². The Hall–Kier alpha value is -1.17. The number of piperidine rings is 1. The molecule has 0 bridgehead atoms. The number of carbonyl (C=O) groups is 1. The highest BCUT2D eigenvalue weighted by Crippen LogP contribution is 2.31. The molecule has 1 atom stereocenters. The number of aromatic nitrogens is 2. The Morgan fingerprint density at radius 3 is 2.88 bits per heavy atom. The second kappa shape index (κ2) is 5.44. The third-order valence-electron chi connectivity index (χ3n) is 3.24. The molecule has 0 saturated carbocycles. The molecule has 6 heteroatoms. The van der Waals surface area contributed by atoms with Crippen LogP contribution < -0.4 is 0 Å². The topological polar surface area (TPSA) is 69.2 Å². The van der Waals surface area contributed by atoms with Gasteiger partial charge in [0.25, 0.3) is 0 Å². The molecule has 1 aliphatic rings. The van der Waals surface area contributed by atoms with E-state index in [4.69, 9.17) is 5.11 Å². The lowest BCUT2D eigenvalue weighted by atomic mass is 9.94. The Balaban J connectivity index is 1.82. The van der Waals surface area contributed by atoms with Crippen molar-refractivity contribution in [2.75, 3.05) is 13.1 Å². The van der Waals surface area contributed by atoms with E-state index in [1.807, 2.05) is 6.20 Å². The predicted molar refractivity (Wildman–Crippen MR) is 66.2 cm³/mol. The number of H-pyrrole nitrogens is 1. The van der Waals surface area contributed by atoms with Crippen molar-refractivity contribution < 1.29 is 9.90 Å². The molecule has 94 valence electrons. The smallest absolute Gasteiger partial charge is 0.407 e. The van der Waals surface area contributed by atoms with Crippen molar-refractivity contribution in [3.8, 4) is 0 Å². The highest BCUT2D eigenvalue weighted by atomic mass is 32.2. The van der Waals surface area contributed by atoms with Gasteiger partial charge in [0.2, 0.25) is 0 Å². The van der Waals surface area contributed by atoms with Gasteiger partial charge in [0, 0.05) is 30.7 Å². The minimum atomic E-state index is -0.796. The second-order valence-corrected chi connectivity index (χ2v) is 5.69. The molecule has 2 rings (SSSR count). The zero-order chi connectivity index (χ0) is 12.3. The number of carboxylic acid groups (broad SMARTS) is 1. The summed E-state index contributed by atoms with van der Waals surface area (Å²) in [7, 11) is 0. The molecule has 2 heterocycles. The van der Waals surface area contributed by atoms with Crippen LogP contribution in [-0.4, -0.2) is 44.4 Å². The van der Waals surface area contributed by atoms with E-state index in [0.29, 0.717) is 24.3 Å². The third kappa shape index (κ3) is 3.15. The monoisotopic (exact) mass is 255 g/mol. The van der Waals surface area contributed by atoms with Crippen molar-refractivity contribution in [1.82, 2.24) is 14.9 Å². The first-order valence-corrected chi connectivity index (χ1v) is 6.68. The van der Waals surface area contributed by atoms with Crippen molar-refractivity contribution in [3.63, 3.8) is 0 Å². The summed E-state index contributed by atoms with van der Waals surface area (Å²) >= 11 is 1.73. The van der Waals surface area contributed by atoms with Crippen LogP contribution in [-0.2, 0) is 0 Å². The first-order chi connectivity index (χ1) is 8.16. The number of nitrogens with one attached hydrogen (secondary N) is 1. The number of hydrogen-bond donors (Lipinski definition) is 2. The summed E-state index contributed by atoms with van der Waals surface area (Å²) in [6, 6.07) is 0. The van der Waals surface area contributed by atoms with E-state index in [0.717, 1.165) is 18.0 Å². The van der Waals surface area contributed by atoms with Crippen molar-refractivity contribution in [2.24, 2.45) is 5.92 Å². The average molecular weight is 255 g/mol. The summed E-state index contributed by atoms with van der Waals surface area (Å²) < 4.78 is 0. The van der Waals surface area contributed by atoms with E-state index >= 15 is 0 Å².